The fourth-order valence-corrected chi connectivity index (χ4v) is 2.81. The van der Waals surface area contributed by atoms with Crippen LogP contribution in [0.15, 0.2) is 52.7 Å². The molecule has 0 unspecified atom stereocenters. The first-order chi connectivity index (χ1) is 13.2. The van der Waals surface area contributed by atoms with Crippen LogP contribution in [0.2, 0.25) is 0 Å². The topological polar surface area (TPSA) is 86.9 Å². The van der Waals surface area contributed by atoms with Crippen molar-refractivity contribution >= 4 is 17.1 Å². The van der Waals surface area contributed by atoms with Crippen LogP contribution in [0.3, 0.4) is 0 Å². The Morgan fingerprint density at radius 3 is 2.19 bits per heavy atom. The number of methoxy groups -OCH3 is 2. The van der Waals surface area contributed by atoms with Crippen molar-refractivity contribution in [3.63, 3.8) is 0 Å². The van der Waals surface area contributed by atoms with Crippen molar-refractivity contribution in [2.45, 2.75) is 13.2 Å². The fraction of sp³-hybridized carbons (Fsp3) is 0.400. The number of aliphatic hydroxyl groups is 2. The smallest absolute Gasteiger partial charge is 0.0912 e. The van der Waals surface area contributed by atoms with Crippen molar-refractivity contribution in [2.75, 3.05) is 45.4 Å². The average molecular weight is 373 g/mol. The second-order valence-corrected chi connectivity index (χ2v) is 5.94. The first-order valence-electron chi connectivity index (χ1n) is 8.80. The molecule has 2 aromatic rings. The minimum atomic E-state index is 0.00413. The van der Waals surface area contributed by atoms with Crippen LogP contribution in [0.5, 0.6) is 0 Å². The summed E-state index contributed by atoms with van der Waals surface area (Å²) in [5.74, 6) is 0. The Kier molecular flexibility index (Phi) is 8.86. The van der Waals surface area contributed by atoms with E-state index in [0.717, 1.165) is 22.5 Å². The van der Waals surface area contributed by atoms with Gasteiger partial charge in [-0.15, -0.1) is 0 Å². The zero-order chi connectivity index (χ0) is 19.5. The third-order valence-corrected chi connectivity index (χ3v) is 4.01. The van der Waals surface area contributed by atoms with Crippen molar-refractivity contribution in [1.29, 1.82) is 0 Å². The van der Waals surface area contributed by atoms with Gasteiger partial charge in [0.1, 0.15) is 0 Å². The lowest BCUT2D eigenvalue weighted by Gasteiger charge is -2.25. The molecule has 0 saturated heterocycles. The van der Waals surface area contributed by atoms with Crippen molar-refractivity contribution in [1.82, 2.24) is 0 Å². The van der Waals surface area contributed by atoms with E-state index in [1.54, 1.807) is 14.2 Å². The number of azo groups is 1. The Labute approximate surface area is 159 Å². The summed E-state index contributed by atoms with van der Waals surface area (Å²) in [7, 11) is 3.27. The van der Waals surface area contributed by atoms with Crippen LogP contribution < -0.4 is 4.90 Å². The van der Waals surface area contributed by atoms with Crippen molar-refractivity contribution in [3.05, 3.63) is 53.6 Å². The predicted octanol–water partition coefficient (Wildman–Crippen LogP) is 3.19. The number of aliphatic hydroxyl groups excluding tert-OH is 2. The molecule has 0 fully saturated rings. The molecule has 7 heteroatoms. The number of benzene rings is 2. The van der Waals surface area contributed by atoms with Gasteiger partial charge in [-0.3, -0.25) is 0 Å². The molecular weight excluding hydrogens is 346 g/mol. The molecular formula is C20H27N3O4. The average Bonchev–Trinajstić information content (AvgIpc) is 2.68. The molecule has 146 valence electrons. The maximum absolute atomic E-state index is 9.28. The third-order valence-electron chi connectivity index (χ3n) is 4.01. The van der Waals surface area contributed by atoms with E-state index in [4.69, 9.17) is 9.47 Å². The molecule has 2 aromatic carbocycles. The largest absolute Gasteiger partial charge is 0.395 e. The maximum atomic E-state index is 9.28. The summed E-state index contributed by atoms with van der Waals surface area (Å²) in [6.45, 7) is 1.74. The Morgan fingerprint density at radius 2 is 1.52 bits per heavy atom. The summed E-state index contributed by atoms with van der Waals surface area (Å²) in [5.41, 5.74) is 4.25. The molecule has 0 spiro atoms. The van der Waals surface area contributed by atoms with E-state index in [9.17, 15) is 10.2 Å². The van der Waals surface area contributed by atoms with Crippen LogP contribution in [-0.2, 0) is 22.7 Å². The van der Waals surface area contributed by atoms with E-state index in [1.807, 2.05) is 47.4 Å². The highest BCUT2D eigenvalue weighted by molar-refractivity contribution is 5.59. The lowest BCUT2D eigenvalue weighted by atomic mass is 10.1. The summed E-state index contributed by atoms with van der Waals surface area (Å²) in [4.78, 5) is 1.92. The molecule has 0 atom stereocenters. The minimum Gasteiger partial charge on any atom is -0.395 e. The normalized spacial score (nSPS) is 11.3. The van der Waals surface area contributed by atoms with Gasteiger partial charge in [-0.1, -0.05) is 18.2 Å². The van der Waals surface area contributed by atoms with Crippen LogP contribution in [0, 0.1) is 0 Å². The molecule has 0 aliphatic carbocycles. The van der Waals surface area contributed by atoms with Gasteiger partial charge < -0.3 is 24.6 Å². The Balaban J connectivity index is 2.29. The maximum Gasteiger partial charge on any atom is 0.0912 e. The van der Waals surface area contributed by atoms with Gasteiger partial charge in [0.25, 0.3) is 0 Å². The van der Waals surface area contributed by atoms with Crippen molar-refractivity contribution in [3.8, 4) is 0 Å². The Hall–Kier alpha value is -2.32. The van der Waals surface area contributed by atoms with E-state index < -0.39 is 0 Å². The molecule has 0 saturated carbocycles. The molecule has 0 amide bonds. The number of anilines is 1. The lowest BCUT2D eigenvalue weighted by molar-refractivity contribution is 0.185. The first kappa shape index (κ1) is 21.0. The number of hydrogen-bond donors (Lipinski definition) is 2. The summed E-state index contributed by atoms with van der Waals surface area (Å²) in [6.07, 6.45) is 0. The third kappa shape index (κ3) is 6.11. The summed E-state index contributed by atoms with van der Waals surface area (Å²) >= 11 is 0. The van der Waals surface area contributed by atoms with Crippen LogP contribution in [0.1, 0.15) is 11.1 Å². The fourth-order valence-electron chi connectivity index (χ4n) is 2.81. The molecule has 0 heterocycles. The zero-order valence-corrected chi connectivity index (χ0v) is 15.8. The Morgan fingerprint density at radius 1 is 0.852 bits per heavy atom. The van der Waals surface area contributed by atoms with Crippen LogP contribution in [-0.4, -0.2) is 50.7 Å². The summed E-state index contributed by atoms with van der Waals surface area (Å²) < 4.78 is 10.5. The number of hydrogen-bond acceptors (Lipinski definition) is 7. The standard InChI is InChI=1S/C20H27N3O4/c1-26-14-16-5-3-4-6-19(16)22-21-18-7-8-20(17(13-18)15-27-2)23(9-11-24)10-12-25/h3-8,13,24-25H,9-12,14-15H2,1-2H3/b22-21+. The van der Waals surface area contributed by atoms with Gasteiger partial charge in [0.05, 0.1) is 37.8 Å². The number of rotatable bonds is 11. The highest BCUT2D eigenvalue weighted by Crippen LogP contribution is 2.28. The first-order valence-corrected chi connectivity index (χ1v) is 8.80. The molecule has 2 N–H and O–H groups in total. The van der Waals surface area contributed by atoms with Crippen LogP contribution >= 0.6 is 0 Å². The predicted molar refractivity (Wildman–Crippen MR) is 105 cm³/mol. The molecule has 2 rings (SSSR count). The molecule has 0 aliphatic rings. The van der Waals surface area contributed by atoms with E-state index in [-0.39, 0.29) is 13.2 Å². The minimum absolute atomic E-state index is 0.00413. The van der Waals surface area contributed by atoms with Crippen LogP contribution in [0.25, 0.3) is 0 Å². The lowest BCUT2D eigenvalue weighted by Crippen LogP contribution is -2.30. The van der Waals surface area contributed by atoms with Gasteiger partial charge in [0.15, 0.2) is 0 Å². The SMILES string of the molecule is COCc1ccccc1/N=N/c1ccc(N(CCO)CCO)c(COC)c1. The zero-order valence-electron chi connectivity index (χ0n) is 15.8. The highest BCUT2D eigenvalue weighted by Gasteiger charge is 2.12. The number of nitrogens with zero attached hydrogens (tertiary/aromatic N) is 3. The monoisotopic (exact) mass is 373 g/mol. The van der Waals surface area contributed by atoms with Gasteiger partial charge in [-0.25, -0.2) is 0 Å². The van der Waals surface area contributed by atoms with Crippen molar-refractivity contribution < 1.29 is 19.7 Å². The molecule has 0 radical (unpaired) electrons. The van der Waals surface area contributed by atoms with Gasteiger partial charge in [0, 0.05) is 44.1 Å². The highest BCUT2D eigenvalue weighted by atomic mass is 16.5. The van der Waals surface area contributed by atoms with Gasteiger partial charge in [0.2, 0.25) is 0 Å². The summed E-state index contributed by atoms with van der Waals surface area (Å²) in [5, 5.41) is 27.3. The summed E-state index contributed by atoms with van der Waals surface area (Å²) in [6, 6.07) is 13.4. The van der Waals surface area contributed by atoms with E-state index in [2.05, 4.69) is 10.2 Å². The quantitative estimate of drug-likeness (QED) is 0.591. The van der Waals surface area contributed by atoms with Gasteiger partial charge in [-0.05, 0) is 24.3 Å². The van der Waals surface area contributed by atoms with Crippen molar-refractivity contribution in [2.24, 2.45) is 10.2 Å². The second kappa shape index (κ2) is 11.4. The molecule has 0 bridgehead atoms. The van der Waals surface area contributed by atoms with E-state index in [0.29, 0.717) is 32.0 Å². The molecule has 0 aromatic heterocycles. The Bertz CT molecular complexity index is 731. The van der Waals surface area contributed by atoms with Gasteiger partial charge >= 0.3 is 0 Å². The molecule has 27 heavy (non-hydrogen) atoms. The van der Waals surface area contributed by atoms with Gasteiger partial charge in [-0.2, -0.15) is 10.2 Å². The molecule has 7 nitrogen and oxygen atoms in total. The second-order valence-electron chi connectivity index (χ2n) is 5.94. The molecule has 0 aliphatic heterocycles. The van der Waals surface area contributed by atoms with E-state index in [1.165, 1.54) is 0 Å². The van der Waals surface area contributed by atoms with Crippen LogP contribution in [0.4, 0.5) is 17.1 Å². The number of ether oxygens (including phenoxy) is 2. The van der Waals surface area contributed by atoms with E-state index >= 15 is 0 Å².